The van der Waals surface area contributed by atoms with Crippen molar-refractivity contribution in [1.82, 2.24) is 4.98 Å². The average molecular weight is 188 g/mol. The van der Waals surface area contributed by atoms with Gasteiger partial charge in [0.1, 0.15) is 5.52 Å². The molecule has 3 nitrogen and oxygen atoms in total. The van der Waals surface area contributed by atoms with Crippen LogP contribution in [0.3, 0.4) is 0 Å². The summed E-state index contributed by atoms with van der Waals surface area (Å²) in [4.78, 5) is 4.65. The number of hydrogen-bond acceptors (Lipinski definition) is 4. The maximum Gasteiger partial charge on any atom is 1.00 e. The van der Waals surface area contributed by atoms with Crippen LogP contribution in [-0.2, 0) is 12.6 Å². The van der Waals surface area contributed by atoms with Crippen molar-refractivity contribution in [3.05, 3.63) is 18.2 Å². The molecule has 1 heterocycles. The van der Waals surface area contributed by atoms with E-state index in [-0.39, 0.29) is 35.6 Å². The molecule has 56 valence electrons. The SMILES string of the molecule is Nc1nc2ccc([S-])cc2o1.[Na+]. The molecule has 2 aromatic rings. The molecule has 12 heavy (non-hydrogen) atoms. The Morgan fingerprint density at radius 2 is 2.17 bits per heavy atom. The van der Waals surface area contributed by atoms with E-state index in [1.165, 1.54) is 0 Å². The fourth-order valence-corrected chi connectivity index (χ4v) is 1.10. The predicted octanol–water partition coefficient (Wildman–Crippen LogP) is -1.68. The summed E-state index contributed by atoms with van der Waals surface area (Å²) >= 11 is 4.92. The normalized spacial score (nSPS) is 9.67. The number of rotatable bonds is 0. The number of nitrogen functional groups attached to an aromatic ring is 1. The summed E-state index contributed by atoms with van der Waals surface area (Å²) in [6, 6.07) is 5.49. The van der Waals surface area contributed by atoms with Crippen molar-refractivity contribution in [2.75, 3.05) is 5.73 Å². The third kappa shape index (κ3) is 1.72. The predicted molar refractivity (Wildman–Crippen MR) is 44.1 cm³/mol. The van der Waals surface area contributed by atoms with Gasteiger partial charge < -0.3 is 22.8 Å². The summed E-state index contributed by atoms with van der Waals surface area (Å²) in [5.74, 6) is 0. The van der Waals surface area contributed by atoms with Gasteiger partial charge in [0.15, 0.2) is 5.58 Å². The Hall–Kier alpha value is -0.290. The number of aromatic nitrogens is 1. The minimum atomic E-state index is 0. The van der Waals surface area contributed by atoms with Crippen LogP contribution >= 0.6 is 0 Å². The van der Waals surface area contributed by atoms with Gasteiger partial charge in [-0.25, -0.2) is 0 Å². The van der Waals surface area contributed by atoms with Crippen molar-refractivity contribution in [2.24, 2.45) is 0 Å². The van der Waals surface area contributed by atoms with Gasteiger partial charge in [-0.3, -0.25) is 0 Å². The molecule has 2 rings (SSSR count). The molecule has 5 heteroatoms. The Kier molecular flexibility index (Phi) is 2.95. The number of anilines is 1. The number of oxazole rings is 1. The van der Waals surface area contributed by atoms with Crippen LogP contribution in [-0.4, -0.2) is 4.98 Å². The van der Waals surface area contributed by atoms with Crippen LogP contribution in [0, 0.1) is 0 Å². The van der Waals surface area contributed by atoms with Gasteiger partial charge >= 0.3 is 29.6 Å². The fourth-order valence-electron chi connectivity index (χ4n) is 0.923. The van der Waals surface area contributed by atoms with Crippen LogP contribution < -0.4 is 35.3 Å². The molecule has 0 saturated carbocycles. The minimum absolute atomic E-state index is 0. The first-order valence-electron chi connectivity index (χ1n) is 3.09. The molecule has 0 aliphatic carbocycles. The smallest absolute Gasteiger partial charge is 0.780 e. The minimum Gasteiger partial charge on any atom is -0.780 e. The quantitative estimate of drug-likeness (QED) is 0.396. The van der Waals surface area contributed by atoms with Crippen molar-refractivity contribution in [2.45, 2.75) is 4.90 Å². The van der Waals surface area contributed by atoms with E-state index in [1.54, 1.807) is 18.2 Å². The average Bonchev–Trinajstić information content (AvgIpc) is 2.27. The molecule has 0 bridgehead atoms. The molecule has 0 radical (unpaired) electrons. The van der Waals surface area contributed by atoms with Gasteiger partial charge in [-0.05, 0) is 12.1 Å². The molecule has 0 spiro atoms. The Labute approximate surface area is 97.0 Å². The van der Waals surface area contributed by atoms with Gasteiger partial charge in [-0.1, -0.05) is 6.07 Å². The third-order valence-electron chi connectivity index (χ3n) is 1.38. The molecule has 0 amide bonds. The van der Waals surface area contributed by atoms with Crippen molar-refractivity contribution < 1.29 is 34.0 Å². The zero-order chi connectivity index (χ0) is 7.84. The summed E-state index contributed by atoms with van der Waals surface area (Å²) in [5, 5.41) is 0. The zero-order valence-corrected chi connectivity index (χ0v) is 9.39. The fraction of sp³-hybridized carbons (Fsp3) is 0. The first-order chi connectivity index (χ1) is 5.25. The first-order valence-corrected chi connectivity index (χ1v) is 3.49. The van der Waals surface area contributed by atoms with E-state index in [2.05, 4.69) is 4.98 Å². The number of benzene rings is 1. The Balaban J connectivity index is 0.000000720. The van der Waals surface area contributed by atoms with E-state index in [0.29, 0.717) is 5.58 Å². The monoisotopic (exact) mass is 188 g/mol. The molecule has 2 N–H and O–H groups in total. The largest absolute Gasteiger partial charge is 1.00 e. The molecule has 1 aromatic carbocycles. The third-order valence-corrected chi connectivity index (χ3v) is 1.63. The van der Waals surface area contributed by atoms with E-state index >= 15 is 0 Å². The van der Waals surface area contributed by atoms with Crippen molar-refractivity contribution in [1.29, 1.82) is 0 Å². The van der Waals surface area contributed by atoms with E-state index in [1.807, 2.05) is 0 Å². The van der Waals surface area contributed by atoms with Crippen LogP contribution in [0.5, 0.6) is 0 Å². The number of fused-ring (bicyclic) bond motifs is 1. The summed E-state index contributed by atoms with van der Waals surface area (Å²) in [5.41, 5.74) is 6.72. The van der Waals surface area contributed by atoms with Gasteiger partial charge in [0.05, 0.1) is 0 Å². The van der Waals surface area contributed by atoms with Crippen LogP contribution in [0.25, 0.3) is 11.1 Å². The zero-order valence-electron chi connectivity index (χ0n) is 6.57. The molecule has 0 atom stereocenters. The molecule has 1 aromatic heterocycles. The molecule has 0 aliphatic rings. The maximum absolute atomic E-state index is 5.33. The van der Waals surface area contributed by atoms with E-state index in [0.717, 1.165) is 10.4 Å². The first kappa shape index (κ1) is 9.80. The second kappa shape index (κ2) is 3.62. The van der Waals surface area contributed by atoms with E-state index < -0.39 is 0 Å². The van der Waals surface area contributed by atoms with Gasteiger partial charge in [-0.2, -0.15) is 9.88 Å². The number of nitrogens with zero attached hydrogens (tertiary/aromatic N) is 1. The van der Waals surface area contributed by atoms with Crippen LogP contribution in [0.1, 0.15) is 0 Å². The Bertz CT molecular complexity index is 401. The summed E-state index contributed by atoms with van der Waals surface area (Å²) in [7, 11) is 0. The summed E-state index contributed by atoms with van der Waals surface area (Å²) in [6.45, 7) is 0. The summed E-state index contributed by atoms with van der Waals surface area (Å²) in [6.07, 6.45) is 0. The maximum atomic E-state index is 5.33. The van der Waals surface area contributed by atoms with E-state index in [9.17, 15) is 0 Å². The van der Waals surface area contributed by atoms with Gasteiger partial charge in [0.25, 0.3) is 6.01 Å². The number of nitrogens with two attached hydrogens (primary N) is 1. The second-order valence-electron chi connectivity index (χ2n) is 2.18. The topological polar surface area (TPSA) is 52.0 Å². The Morgan fingerprint density at radius 3 is 2.92 bits per heavy atom. The summed E-state index contributed by atoms with van der Waals surface area (Å²) < 4.78 is 5.05. The van der Waals surface area contributed by atoms with Gasteiger partial charge in [0.2, 0.25) is 0 Å². The molecule has 0 fully saturated rings. The van der Waals surface area contributed by atoms with Crippen molar-refractivity contribution >= 4 is 29.7 Å². The van der Waals surface area contributed by atoms with E-state index in [4.69, 9.17) is 22.8 Å². The molecule has 0 unspecified atom stereocenters. The standard InChI is InChI=1S/C7H6N2OS.Na/c8-7-9-5-2-1-4(11)3-6(5)10-7;/h1-3,11H,(H2,8,9);/q;+1/p-1. The second-order valence-corrected chi connectivity index (χ2v) is 2.65. The van der Waals surface area contributed by atoms with Gasteiger partial charge in [0, 0.05) is 0 Å². The molecular formula is C7H5N2NaOS. The van der Waals surface area contributed by atoms with Crippen molar-refractivity contribution in [3.63, 3.8) is 0 Å². The van der Waals surface area contributed by atoms with Gasteiger partial charge in [-0.15, -0.1) is 0 Å². The van der Waals surface area contributed by atoms with Crippen LogP contribution in [0.15, 0.2) is 27.5 Å². The van der Waals surface area contributed by atoms with Crippen molar-refractivity contribution in [3.8, 4) is 0 Å². The van der Waals surface area contributed by atoms with Crippen LogP contribution in [0.2, 0.25) is 0 Å². The Morgan fingerprint density at radius 1 is 1.42 bits per heavy atom. The van der Waals surface area contributed by atoms with Crippen LogP contribution in [0.4, 0.5) is 6.01 Å². The number of hydrogen-bond donors (Lipinski definition) is 1. The molecular weight excluding hydrogens is 183 g/mol. The molecule has 0 aliphatic heterocycles. The molecule has 0 saturated heterocycles.